The minimum absolute atomic E-state index is 0.118. The van der Waals surface area contributed by atoms with E-state index >= 15 is 0 Å². The van der Waals surface area contributed by atoms with E-state index in [4.69, 9.17) is 28.9 Å². The van der Waals surface area contributed by atoms with E-state index in [1.807, 2.05) is 12.1 Å². The van der Waals surface area contributed by atoms with Gasteiger partial charge in [-0.3, -0.25) is 0 Å². The van der Waals surface area contributed by atoms with E-state index in [1.54, 1.807) is 6.07 Å². The molecule has 1 aliphatic carbocycles. The minimum atomic E-state index is 0.118. The second kappa shape index (κ2) is 5.57. The van der Waals surface area contributed by atoms with E-state index in [-0.39, 0.29) is 6.04 Å². The van der Waals surface area contributed by atoms with Crippen LogP contribution in [0, 0.1) is 11.8 Å². The number of nitrogens with one attached hydrogen (secondary N) is 1. The fourth-order valence-corrected chi connectivity index (χ4v) is 2.62. The summed E-state index contributed by atoms with van der Waals surface area (Å²) in [7, 11) is 0. The molecule has 1 saturated carbocycles. The first kappa shape index (κ1) is 13.2. The first-order chi connectivity index (χ1) is 8.11. The molecule has 94 valence electrons. The van der Waals surface area contributed by atoms with Gasteiger partial charge in [-0.1, -0.05) is 36.2 Å². The second-order valence-electron chi connectivity index (χ2n) is 4.84. The molecular weight excluding hydrogens is 255 g/mol. The lowest BCUT2D eigenvalue weighted by molar-refractivity contribution is 0.511. The molecule has 0 heterocycles. The van der Waals surface area contributed by atoms with Crippen LogP contribution in [0.2, 0.25) is 10.0 Å². The van der Waals surface area contributed by atoms with E-state index in [0.717, 1.165) is 23.9 Å². The fraction of sp³-hybridized carbons (Fsp3) is 0.538. The highest BCUT2D eigenvalue weighted by Crippen LogP contribution is 2.37. The number of nitrogens with two attached hydrogens (primary N) is 1. The lowest BCUT2D eigenvalue weighted by atomic mass is 10.1. The zero-order valence-electron chi connectivity index (χ0n) is 9.92. The molecule has 0 aromatic heterocycles. The molecule has 0 saturated heterocycles. The monoisotopic (exact) mass is 272 g/mol. The number of hydrogen-bond donors (Lipinski definition) is 2. The van der Waals surface area contributed by atoms with Gasteiger partial charge < -0.3 is 11.1 Å². The molecule has 2 nitrogen and oxygen atoms in total. The largest absolute Gasteiger partial charge is 0.329 e. The molecule has 0 aliphatic heterocycles. The maximum absolute atomic E-state index is 6.18. The van der Waals surface area contributed by atoms with Crippen molar-refractivity contribution < 1.29 is 0 Å². The second-order valence-corrected chi connectivity index (χ2v) is 5.68. The van der Waals surface area contributed by atoms with Gasteiger partial charge in [0.2, 0.25) is 0 Å². The van der Waals surface area contributed by atoms with Crippen LogP contribution in [0.3, 0.4) is 0 Å². The van der Waals surface area contributed by atoms with Crippen LogP contribution in [-0.4, -0.2) is 13.1 Å². The molecular formula is C13H18Cl2N2. The predicted octanol–water partition coefficient (Wildman–Crippen LogP) is 3.24. The van der Waals surface area contributed by atoms with Crippen molar-refractivity contribution in [2.75, 3.05) is 13.1 Å². The Kier molecular flexibility index (Phi) is 4.31. The number of hydrogen-bond acceptors (Lipinski definition) is 2. The van der Waals surface area contributed by atoms with Gasteiger partial charge in [-0.15, -0.1) is 0 Å². The van der Waals surface area contributed by atoms with Crippen LogP contribution < -0.4 is 11.1 Å². The Morgan fingerprint density at radius 1 is 1.47 bits per heavy atom. The van der Waals surface area contributed by atoms with Gasteiger partial charge in [0.1, 0.15) is 0 Å². The average Bonchev–Trinajstić information content (AvgIpc) is 2.98. The summed E-state index contributed by atoms with van der Waals surface area (Å²) in [6.07, 6.45) is 1.32. The predicted molar refractivity (Wildman–Crippen MR) is 73.5 cm³/mol. The Bertz CT molecular complexity index is 395. The number of rotatable bonds is 5. The number of halogens is 2. The molecule has 1 fully saturated rings. The molecule has 1 aromatic rings. The van der Waals surface area contributed by atoms with E-state index in [1.165, 1.54) is 6.42 Å². The first-order valence-corrected chi connectivity index (χ1v) is 6.75. The third-order valence-electron chi connectivity index (χ3n) is 3.48. The highest BCUT2D eigenvalue weighted by molar-refractivity contribution is 6.35. The van der Waals surface area contributed by atoms with Crippen LogP contribution in [0.25, 0.3) is 0 Å². The van der Waals surface area contributed by atoms with Crippen molar-refractivity contribution in [3.63, 3.8) is 0 Å². The molecule has 0 amide bonds. The number of benzene rings is 1. The van der Waals surface area contributed by atoms with Gasteiger partial charge in [0, 0.05) is 22.6 Å². The smallest absolute Gasteiger partial charge is 0.0469 e. The molecule has 1 aromatic carbocycles. The normalized spacial score (nSPS) is 24.7. The third-order valence-corrected chi connectivity index (χ3v) is 4.04. The van der Waals surface area contributed by atoms with Crippen LogP contribution >= 0.6 is 23.2 Å². The summed E-state index contributed by atoms with van der Waals surface area (Å²) in [5, 5.41) is 4.83. The van der Waals surface area contributed by atoms with Gasteiger partial charge >= 0.3 is 0 Å². The van der Waals surface area contributed by atoms with Crippen molar-refractivity contribution in [3.05, 3.63) is 33.8 Å². The third kappa shape index (κ3) is 3.35. The van der Waals surface area contributed by atoms with Crippen molar-refractivity contribution in [1.82, 2.24) is 5.32 Å². The molecule has 3 N–H and O–H groups in total. The molecule has 17 heavy (non-hydrogen) atoms. The van der Waals surface area contributed by atoms with Crippen LogP contribution in [0.5, 0.6) is 0 Å². The van der Waals surface area contributed by atoms with Crippen molar-refractivity contribution in [3.8, 4) is 0 Å². The van der Waals surface area contributed by atoms with Crippen LogP contribution in [0.4, 0.5) is 0 Å². The Labute approximate surface area is 112 Å². The maximum Gasteiger partial charge on any atom is 0.0469 e. The van der Waals surface area contributed by atoms with Gasteiger partial charge in [0.05, 0.1) is 0 Å². The summed E-state index contributed by atoms with van der Waals surface area (Å²) >= 11 is 12.1. The first-order valence-electron chi connectivity index (χ1n) is 6.00. The van der Waals surface area contributed by atoms with E-state index < -0.39 is 0 Å². The summed E-state index contributed by atoms with van der Waals surface area (Å²) in [6.45, 7) is 3.84. The average molecular weight is 273 g/mol. The zero-order valence-corrected chi connectivity index (χ0v) is 11.4. The summed E-state index contributed by atoms with van der Waals surface area (Å²) < 4.78 is 0. The molecule has 0 spiro atoms. The highest BCUT2D eigenvalue weighted by atomic mass is 35.5. The molecule has 1 aliphatic rings. The van der Waals surface area contributed by atoms with Gasteiger partial charge in [-0.05, 0) is 42.5 Å². The van der Waals surface area contributed by atoms with E-state index in [0.29, 0.717) is 16.6 Å². The summed E-state index contributed by atoms with van der Waals surface area (Å²) in [6, 6.07) is 5.69. The van der Waals surface area contributed by atoms with Crippen molar-refractivity contribution >= 4 is 23.2 Å². The van der Waals surface area contributed by atoms with Crippen molar-refractivity contribution in [2.24, 2.45) is 17.6 Å². The van der Waals surface area contributed by atoms with Gasteiger partial charge in [0.25, 0.3) is 0 Å². The van der Waals surface area contributed by atoms with Crippen LogP contribution in [0.15, 0.2) is 18.2 Å². The molecule has 0 radical (unpaired) electrons. The maximum atomic E-state index is 6.18. The fourth-order valence-electron chi connectivity index (χ4n) is 2.08. The van der Waals surface area contributed by atoms with E-state index in [9.17, 15) is 0 Å². The molecule has 4 heteroatoms. The van der Waals surface area contributed by atoms with Crippen molar-refractivity contribution in [1.29, 1.82) is 0 Å². The Hall–Kier alpha value is -0.280. The van der Waals surface area contributed by atoms with Gasteiger partial charge in [-0.2, -0.15) is 0 Å². The molecule has 2 rings (SSSR count). The van der Waals surface area contributed by atoms with Gasteiger partial charge in [-0.25, -0.2) is 0 Å². The topological polar surface area (TPSA) is 38.0 Å². The summed E-state index contributed by atoms with van der Waals surface area (Å²) in [5.74, 6) is 1.65. The summed E-state index contributed by atoms with van der Waals surface area (Å²) in [5.41, 5.74) is 6.83. The Morgan fingerprint density at radius 2 is 2.18 bits per heavy atom. The molecule has 0 bridgehead atoms. The lowest BCUT2D eigenvalue weighted by Crippen LogP contribution is -2.30. The van der Waals surface area contributed by atoms with E-state index in [2.05, 4.69) is 12.2 Å². The van der Waals surface area contributed by atoms with Crippen LogP contribution in [-0.2, 0) is 0 Å². The Morgan fingerprint density at radius 3 is 2.71 bits per heavy atom. The Balaban J connectivity index is 2.00. The zero-order chi connectivity index (χ0) is 12.4. The van der Waals surface area contributed by atoms with Crippen molar-refractivity contribution in [2.45, 2.75) is 19.4 Å². The highest BCUT2D eigenvalue weighted by Gasteiger charge is 2.32. The lowest BCUT2D eigenvalue weighted by Gasteiger charge is -2.18. The standard InChI is InChI=1S/C13H18Cl2N2/c1-8-4-9(8)7-17-13(6-16)11-3-2-10(14)5-12(11)15/h2-3,5,8-9,13,17H,4,6-7,16H2,1H3. The minimum Gasteiger partial charge on any atom is -0.329 e. The van der Waals surface area contributed by atoms with Crippen LogP contribution in [0.1, 0.15) is 24.9 Å². The van der Waals surface area contributed by atoms with Gasteiger partial charge in [0.15, 0.2) is 0 Å². The summed E-state index contributed by atoms with van der Waals surface area (Å²) in [4.78, 5) is 0. The SMILES string of the molecule is CC1CC1CNC(CN)c1ccc(Cl)cc1Cl. The molecule has 3 atom stereocenters. The quantitative estimate of drug-likeness (QED) is 0.864. The molecule has 3 unspecified atom stereocenters.